The zero-order chi connectivity index (χ0) is 14.2. The molecule has 0 spiro atoms. The molecule has 0 N–H and O–H groups in total. The molecule has 2 heterocycles. The molecule has 0 aromatic carbocycles. The van der Waals surface area contributed by atoms with E-state index in [2.05, 4.69) is 49.2 Å². The van der Waals surface area contributed by atoms with Crippen LogP contribution in [0.15, 0.2) is 12.3 Å². The highest BCUT2D eigenvalue weighted by Crippen LogP contribution is 2.29. The minimum Gasteiger partial charge on any atom is -0.311 e. The third-order valence-electron chi connectivity index (χ3n) is 3.97. The number of hydrogen-bond acceptors (Lipinski definition) is 2. The number of fused-ring (bicyclic) bond motifs is 1. The van der Waals surface area contributed by atoms with E-state index in [9.17, 15) is 0 Å². The van der Waals surface area contributed by atoms with Gasteiger partial charge in [-0.1, -0.05) is 27.7 Å². The molecule has 2 aromatic rings. The highest BCUT2D eigenvalue weighted by molar-refractivity contribution is 6.16. The third kappa shape index (κ3) is 2.76. The van der Waals surface area contributed by atoms with E-state index in [-0.39, 0.29) is 5.41 Å². The number of imidazole rings is 1. The van der Waals surface area contributed by atoms with Crippen molar-refractivity contribution in [2.24, 2.45) is 11.3 Å². The van der Waals surface area contributed by atoms with E-state index < -0.39 is 0 Å². The molecule has 0 aliphatic heterocycles. The first-order valence-electron chi connectivity index (χ1n) is 6.71. The summed E-state index contributed by atoms with van der Waals surface area (Å²) in [6.45, 7) is 12.0. The van der Waals surface area contributed by atoms with Crippen molar-refractivity contribution in [2.45, 2.75) is 47.0 Å². The van der Waals surface area contributed by atoms with E-state index in [0.717, 1.165) is 29.1 Å². The molecule has 0 aliphatic rings. The maximum atomic E-state index is 6.04. The second-order valence-corrected chi connectivity index (χ2v) is 6.61. The van der Waals surface area contributed by atoms with E-state index in [1.807, 2.05) is 12.3 Å². The second kappa shape index (κ2) is 5.12. The standard InChI is InChI=1S/C15H22ClN3/c1-10-6-7-17-14-13(10)18-12(8-16)19(14)9-11(2)15(3,4)5/h6-7,11H,8-9H2,1-5H3. The van der Waals surface area contributed by atoms with Crippen LogP contribution in [0.5, 0.6) is 0 Å². The molecular formula is C15H22ClN3. The van der Waals surface area contributed by atoms with E-state index in [1.165, 1.54) is 0 Å². The number of hydrogen-bond donors (Lipinski definition) is 0. The van der Waals surface area contributed by atoms with Gasteiger partial charge >= 0.3 is 0 Å². The fraction of sp³-hybridized carbons (Fsp3) is 0.600. The molecule has 2 rings (SSSR count). The Morgan fingerprint density at radius 1 is 1.37 bits per heavy atom. The van der Waals surface area contributed by atoms with Gasteiger partial charge in [0.05, 0.1) is 5.88 Å². The highest BCUT2D eigenvalue weighted by Gasteiger charge is 2.23. The van der Waals surface area contributed by atoms with Gasteiger partial charge < -0.3 is 4.57 Å². The van der Waals surface area contributed by atoms with Gasteiger partial charge in [-0.15, -0.1) is 11.6 Å². The highest BCUT2D eigenvalue weighted by atomic mass is 35.5. The van der Waals surface area contributed by atoms with Crippen molar-refractivity contribution in [1.29, 1.82) is 0 Å². The predicted molar refractivity (Wildman–Crippen MR) is 80.4 cm³/mol. The molecule has 0 bridgehead atoms. The Hall–Kier alpha value is -1.09. The maximum Gasteiger partial charge on any atom is 0.160 e. The Kier molecular flexibility index (Phi) is 3.86. The van der Waals surface area contributed by atoms with Gasteiger partial charge in [0.1, 0.15) is 11.3 Å². The van der Waals surface area contributed by atoms with Crippen molar-refractivity contribution in [3.63, 3.8) is 0 Å². The zero-order valence-electron chi connectivity index (χ0n) is 12.4. The van der Waals surface area contributed by atoms with E-state index in [4.69, 9.17) is 11.6 Å². The summed E-state index contributed by atoms with van der Waals surface area (Å²) in [6.07, 6.45) is 1.84. The van der Waals surface area contributed by atoms with Crippen LogP contribution in [0.1, 0.15) is 39.1 Å². The summed E-state index contributed by atoms with van der Waals surface area (Å²) in [5.74, 6) is 1.86. The van der Waals surface area contributed by atoms with Crippen molar-refractivity contribution < 1.29 is 0 Å². The summed E-state index contributed by atoms with van der Waals surface area (Å²) in [7, 11) is 0. The number of halogens is 1. The van der Waals surface area contributed by atoms with Crippen molar-refractivity contribution in [3.8, 4) is 0 Å². The van der Waals surface area contributed by atoms with Gasteiger partial charge in [0.25, 0.3) is 0 Å². The van der Waals surface area contributed by atoms with Crippen LogP contribution in [0.2, 0.25) is 0 Å². The molecule has 0 saturated heterocycles. The van der Waals surface area contributed by atoms with Crippen molar-refractivity contribution in [2.75, 3.05) is 0 Å². The van der Waals surface area contributed by atoms with Crippen LogP contribution >= 0.6 is 11.6 Å². The van der Waals surface area contributed by atoms with Crippen molar-refractivity contribution >= 4 is 22.8 Å². The van der Waals surface area contributed by atoms with Crippen LogP contribution in [0.25, 0.3) is 11.2 Å². The van der Waals surface area contributed by atoms with Gasteiger partial charge in [0, 0.05) is 12.7 Å². The van der Waals surface area contributed by atoms with Gasteiger partial charge in [-0.3, -0.25) is 0 Å². The molecular weight excluding hydrogens is 258 g/mol. The van der Waals surface area contributed by atoms with Gasteiger partial charge in [0.2, 0.25) is 0 Å². The molecule has 0 fully saturated rings. The molecule has 4 heteroatoms. The minimum absolute atomic E-state index is 0.254. The Morgan fingerprint density at radius 2 is 2.05 bits per heavy atom. The topological polar surface area (TPSA) is 30.7 Å². The van der Waals surface area contributed by atoms with Gasteiger partial charge in [-0.2, -0.15) is 0 Å². The van der Waals surface area contributed by atoms with Crippen LogP contribution in [-0.2, 0) is 12.4 Å². The smallest absolute Gasteiger partial charge is 0.160 e. The molecule has 19 heavy (non-hydrogen) atoms. The summed E-state index contributed by atoms with van der Waals surface area (Å²) >= 11 is 6.04. The number of aryl methyl sites for hydroxylation is 1. The Morgan fingerprint density at radius 3 is 2.63 bits per heavy atom. The first-order chi connectivity index (χ1) is 8.84. The van der Waals surface area contributed by atoms with E-state index in [0.29, 0.717) is 11.8 Å². The molecule has 3 nitrogen and oxygen atoms in total. The van der Waals surface area contributed by atoms with Crippen LogP contribution < -0.4 is 0 Å². The first-order valence-corrected chi connectivity index (χ1v) is 7.24. The molecule has 1 unspecified atom stereocenters. The fourth-order valence-corrected chi connectivity index (χ4v) is 2.23. The summed E-state index contributed by atoms with van der Waals surface area (Å²) in [5, 5.41) is 0. The number of pyridine rings is 1. The summed E-state index contributed by atoms with van der Waals surface area (Å²) in [5.41, 5.74) is 3.33. The number of nitrogens with zero attached hydrogens (tertiary/aromatic N) is 3. The van der Waals surface area contributed by atoms with Crippen LogP contribution in [0.4, 0.5) is 0 Å². The normalized spacial score (nSPS) is 14.0. The Balaban J connectivity index is 2.50. The third-order valence-corrected chi connectivity index (χ3v) is 4.21. The Labute approximate surface area is 120 Å². The molecule has 0 radical (unpaired) electrons. The average Bonchev–Trinajstić information content (AvgIpc) is 2.68. The molecule has 0 aliphatic carbocycles. The SMILES string of the molecule is Cc1ccnc2c1nc(CCl)n2CC(C)C(C)(C)C. The summed E-state index contributed by atoms with van der Waals surface area (Å²) in [6, 6.07) is 1.99. The lowest BCUT2D eigenvalue weighted by Gasteiger charge is -2.28. The van der Waals surface area contributed by atoms with Crippen molar-refractivity contribution in [1.82, 2.24) is 14.5 Å². The molecule has 1 atom stereocenters. The lowest BCUT2D eigenvalue weighted by molar-refractivity contribution is 0.233. The predicted octanol–water partition coefficient (Wildman–Crippen LogP) is 4.16. The molecule has 0 saturated carbocycles. The van der Waals surface area contributed by atoms with Gasteiger partial charge in [-0.25, -0.2) is 9.97 Å². The lowest BCUT2D eigenvalue weighted by atomic mass is 9.82. The molecule has 104 valence electrons. The van der Waals surface area contributed by atoms with Crippen LogP contribution in [0.3, 0.4) is 0 Å². The maximum absolute atomic E-state index is 6.04. The molecule has 0 amide bonds. The number of rotatable bonds is 3. The number of aromatic nitrogens is 3. The largest absolute Gasteiger partial charge is 0.311 e. The summed E-state index contributed by atoms with van der Waals surface area (Å²) in [4.78, 5) is 9.12. The van der Waals surface area contributed by atoms with E-state index in [1.54, 1.807) is 0 Å². The molecule has 2 aromatic heterocycles. The van der Waals surface area contributed by atoms with Crippen molar-refractivity contribution in [3.05, 3.63) is 23.7 Å². The van der Waals surface area contributed by atoms with Crippen LogP contribution in [-0.4, -0.2) is 14.5 Å². The Bertz CT molecular complexity index is 581. The summed E-state index contributed by atoms with van der Waals surface area (Å²) < 4.78 is 2.17. The zero-order valence-corrected chi connectivity index (χ0v) is 13.1. The first kappa shape index (κ1) is 14.3. The second-order valence-electron chi connectivity index (χ2n) is 6.34. The average molecular weight is 280 g/mol. The number of alkyl halides is 1. The monoisotopic (exact) mass is 279 g/mol. The van der Waals surface area contributed by atoms with Gasteiger partial charge in [0.15, 0.2) is 5.65 Å². The van der Waals surface area contributed by atoms with E-state index >= 15 is 0 Å². The fourth-order valence-electron chi connectivity index (χ4n) is 2.03. The van der Waals surface area contributed by atoms with Crippen LogP contribution in [0, 0.1) is 18.3 Å². The van der Waals surface area contributed by atoms with Gasteiger partial charge in [-0.05, 0) is 29.9 Å². The minimum atomic E-state index is 0.254. The quantitative estimate of drug-likeness (QED) is 0.790. The lowest BCUT2D eigenvalue weighted by Crippen LogP contribution is -2.23.